The zero-order valence-corrected chi connectivity index (χ0v) is 17.5. The van der Waals surface area contributed by atoms with Gasteiger partial charge in [0.2, 0.25) is 10.0 Å². The van der Waals surface area contributed by atoms with Crippen LogP contribution in [0.5, 0.6) is 5.75 Å². The van der Waals surface area contributed by atoms with Crippen LogP contribution in [0.2, 0.25) is 0 Å². The van der Waals surface area contributed by atoms with Gasteiger partial charge in [0, 0.05) is 24.8 Å². The van der Waals surface area contributed by atoms with Gasteiger partial charge in [-0.1, -0.05) is 18.9 Å². The van der Waals surface area contributed by atoms with Gasteiger partial charge in [-0.3, -0.25) is 4.79 Å². The molecule has 0 aromatic heterocycles. The molecule has 30 heavy (non-hydrogen) atoms. The highest BCUT2D eigenvalue weighted by molar-refractivity contribution is 7.89. The minimum atomic E-state index is -3.66. The fraction of sp³-hybridized carbons (Fsp3) is 0.381. The van der Waals surface area contributed by atoms with Gasteiger partial charge in [0.25, 0.3) is 5.91 Å². The van der Waals surface area contributed by atoms with Crippen molar-refractivity contribution in [3.63, 3.8) is 0 Å². The fourth-order valence-electron chi connectivity index (χ4n) is 3.29. The number of amides is 1. The number of rotatable bonds is 6. The van der Waals surface area contributed by atoms with Crippen molar-refractivity contribution in [2.75, 3.05) is 25.0 Å². The summed E-state index contributed by atoms with van der Waals surface area (Å²) >= 11 is 0. The number of anilines is 1. The Balaban J connectivity index is 1.69. The third-order valence-corrected chi connectivity index (χ3v) is 6.96. The molecule has 0 atom stereocenters. The number of carbonyl (C=O) groups excluding carboxylic acids is 1. The first-order valence-electron chi connectivity index (χ1n) is 9.76. The molecule has 162 valence electrons. The lowest BCUT2D eigenvalue weighted by atomic mass is 10.2. The molecular formula is C21H24F2N2O4S. The second-order valence-corrected chi connectivity index (χ2v) is 9.12. The van der Waals surface area contributed by atoms with Crippen molar-refractivity contribution >= 4 is 21.6 Å². The highest BCUT2D eigenvalue weighted by Gasteiger charge is 2.27. The third kappa shape index (κ3) is 5.34. The first-order chi connectivity index (χ1) is 14.3. The maximum Gasteiger partial charge on any atom is 0.262 e. The molecule has 1 fully saturated rings. The van der Waals surface area contributed by atoms with E-state index < -0.39 is 34.2 Å². The first-order valence-corrected chi connectivity index (χ1v) is 11.2. The number of nitrogens with one attached hydrogen (secondary N) is 1. The Morgan fingerprint density at radius 3 is 2.40 bits per heavy atom. The maximum atomic E-state index is 13.2. The molecule has 0 aliphatic carbocycles. The summed E-state index contributed by atoms with van der Waals surface area (Å²) in [6.45, 7) is 2.25. The first kappa shape index (κ1) is 22.2. The van der Waals surface area contributed by atoms with Gasteiger partial charge in [0.15, 0.2) is 18.2 Å². The van der Waals surface area contributed by atoms with Gasteiger partial charge in [0.05, 0.1) is 4.90 Å². The molecule has 0 bridgehead atoms. The van der Waals surface area contributed by atoms with Gasteiger partial charge < -0.3 is 10.1 Å². The van der Waals surface area contributed by atoms with E-state index in [-0.39, 0.29) is 10.6 Å². The van der Waals surface area contributed by atoms with Crippen LogP contribution in [0.15, 0.2) is 41.3 Å². The molecule has 1 aliphatic heterocycles. The summed E-state index contributed by atoms with van der Waals surface area (Å²) < 4.78 is 59.0. The molecule has 0 unspecified atom stereocenters. The lowest BCUT2D eigenvalue weighted by Crippen LogP contribution is -2.32. The van der Waals surface area contributed by atoms with E-state index >= 15 is 0 Å². The summed E-state index contributed by atoms with van der Waals surface area (Å²) in [6.07, 6.45) is 3.68. The molecule has 6 nitrogen and oxygen atoms in total. The maximum absolute atomic E-state index is 13.2. The van der Waals surface area contributed by atoms with E-state index in [1.165, 1.54) is 16.4 Å². The number of sulfonamides is 1. The van der Waals surface area contributed by atoms with Gasteiger partial charge in [-0.2, -0.15) is 4.31 Å². The molecule has 1 aliphatic rings. The molecule has 1 amide bonds. The lowest BCUT2D eigenvalue weighted by molar-refractivity contribution is -0.118. The summed E-state index contributed by atoms with van der Waals surface area (Å²) in [5.74, 6) is -2.63. The number of benzene rings is 2. The minimum absolute atomic E-state index is 0.0115. The normalized spacial score (nSPS) is 15.4. The van der Waals surface area contributed by atoms with Crippen LogP contribution in [-0.4, -0.2) is 38.3 Å². The SMILES string of the molecule is Cc1ccc(NC(=O)COc2ccc(F)c(F)c2)cc1S(=O)(=O)N1CCCCCC1. The summed E-state index contributed by atoms with van der Waals surface area (Å²) in [5.41, 5.74) is 0.906. The highest BCUT2D eigenvalue weighted by atomic mass is 32.2. The molecule has 0 spiro atoms. The van der Waals surface area contributed by atoms with E-state index in [4.69, 9.17) is 4.74 Å². The summed E-state index contributed by atoms with van der Waals surface area (Å²) in [7, 11) is -3.66. The second-order valence-electron chi connectivity index (χ2n) is 7.21. The Morgan fingerprint density at radius 1 is 1.03 bits per heavy atom. The number of hydrogen-bond donors (Lipinski definition) is 1. The van der Waals surface area contributed by atoms with Crippen LogP contribution in [0.3, 0.4) is 0 Å². The molecule has 0 saturated carbocycles. The second kappa shape index (κ2) is 9.53. The summed E-state index contributed by atoms with van der Waals surface area (Å²) in [6, 6.07) is 7.64. The molecule has 2 aromatic rings. The molecule has 3 rings (SSSR count). The predicted molar refractivity (Wildman–Crippen MR) is 109 cm³/mol. The zero-order valence-electron chi connectivity index (χ0n) is 16.7. The molecule has 1 heterocycles. The van der Waals surface area contributed by atoms with E-state index in [1.54, 1.807) is 19.1 Å². The summed E-state index contributed by atoms with van der Waals surface area (Å²) in [4.78, 5) is 12.3. The van der Waals surface area contributed by atoms with Crippen LogP contribution in [0.25, 0.3) is 0 Å². The number of aryl methyl sites for hydroxylation is 1. The molecule has 1 N–H and O–H groups in total. The van der Waals surface area contributed by atoms with E-state index in [0.29, 0.717) is 24.3 Å². The summed E-state index contributed by atoms with van der Waals surface area (Å²) in [5, 5.41) is 2.58. The van der Waals surface area contributed by atoms with E-state index in [2.05, 4.69) is 5.32 Å². The quantitative estimate of drug-likeness (QED) is 0.743. The van der Waals surface area contributed by atoms with Crippen molar-refractivity contribution in [1.29, 1.82) is 0 Å². The molecular weight excluding hydrogens is 414 g/mol. The van der Waals surface area contributed by atoms with Crippen molar-refractivity contribution in [2.45, 2.75) is 37.5 Å². The molecule has 0 radical (unpaired) electrons. The monoisotopic (exact) mass is 438 g/mol. The van der Waals surface area contributed by atoms with Crippen molar-refractivity contribution < 1.29 is 26.7 Å². The Kier molecular flexibility index (Phi) is 7.04. The Bertz CT molecular complexity index is 1020. The average Bonchev–Trinajstić information content (AvgIpc) is 3.00. The average molecular weight is 438 g/mol. The van der Waals surface area contributed by atoms with Crippen molar-refractivity contribution in [1.82, 2.24) is 4.31 Å². The minimum Gasteiger partial charge on any atom is -0.484 e. The zero-order chi connectivity index (χ0) is 21.7. The standard InChI is InChI=1S/C21H24F2N2O4S/c1-15-6-7-16(12-20(15)30(27,28)25-10-4-2-3-5-11-25)24-21(26)14-29-17-8-9-18(22)19(23)13-17/h6-9,12-13H,2-5,10-11,14H2,1H3,(H,24,26). The van der Waals surface area contributed by atoms with Crippen LogP contribution in [0.4, 0.5) is 14.5 Å². The largest absolute Gasteiger partial charge is 0.484 e. The lowest BCUT2D eigenvalue weighted by Gasteiger charge is -2.21. The van der Waals surface area contributed by atoms with Crippen LogP contribution in [-0.2, 0) is 14.8 Å². The highest BCUT2D eigenvalue weighted by Crippen LogP contribution is 2.26. The predicted octanol–water partition coefficient (Wildman–Crippen LogP) is 3.86. The van der Waals surface area contributed by atoms with Gasteiger partial charge in [-0.05, 0) is 49.6 Å². The van der Waals surface area contributed by atoms with Crippen LogP contribution in [0.1, 0.15) is 31.2 Å². The van der Waals surface area contributed by atoms with Crippen LogP contribution >= 0.6 is 0 Å². The fourth-order valence-corrected chi connectivity index (χ4v) is 5.06. The molecule has 2 aromatic carbocycles. The number of hydrogen-bond acceptors (Lipinski definition) is 4. The topological polar surface area (TPSA) is 75.7 Å². The number of nitrogens with zero attached hydrogens (tertiary/aromatic N) is 1. The Labute approximate surface area is 174 Å². The van der Waals surface area contributed by atoms with Crippen molar-refractivity contribution in [2.24, 2.45) is 0 Å². The number of halogens is 2. The molecule has 9 heteroatoms. The van der Waals surface area contributed by atoms with Gasteiger partial charge in [0.1, 0.15) is 5.75 Å². The number of carbonyl (C=O) groups is 1. The van der Waals surface area contributed by atoms with Crippen molar-refractivity contribution in [3.8, 4) is 5.75 Å². The smallest absolute Gasteiger partial charge is 0.262 e. The van der Waals surface area contributed by atoms with Crippen LogP contribution in [0, 0.1) is 18.6 Å². The Morgan fingerprint density at radius 2 is 1.73 bits per heavy atom. The molecule has 1 saturated heterocycles. The van der Waals surface area contributed by atoms with Gasteiger partial charge in [-0.15, -0.1) is 0 Å². The van der Waals surface area contributed by atoms with Gasteiger partial charge >= 0.3 is 0 Å². The van der Waals surface area contributed by atoms with Gasteiger partial charge in [-0.25, -0.2) is 17.2 Å². The van der Waals surface area contributed by atoms with E-state index in [1.807, 2.05) is 0 Å². The van der Waals surface area contributed by atoms with Crippen molar-refractivity contribution in [3.05, 3.63) is 53.6 Å². The van der Waals surface area contributed by atoms with E-state index in [0.717, 1.165) is 37.8 Å². The van der Waals surface area contributed by atoms with Crippen LogP contribution < -0.4 is 10.1 Å². The Hall–Kier alpha value is -2.52. The van der Waals surface area contributed by atoms with E-state index in [9.17, 15) is 22.0 Å². The number of ether oxygens (including phenoxy) is 1. The third-order valence-electron chi connectivity index (χ3n) is 4.92.